The Kier molecular flexibility index (Phi) is 21.5. The van der Waals surface area contributed by atoms with Crippen LogP contribution in [0.5, 0.6) is 23.0 Å². The van der Waals surface area contributed by atoms with Crippen LogP contribution in [0.3, 0.4) is 0 Å². The van der Waals surface area contributed by atoms with Gasteiger partial charge in [0.1, 0.15) is 17.3 Å². The zero-order valence-corrected chi connectivity index (χ0v) is 46.9. The van der Waals surface area contributed by atoms with Crippen molar-refractivity contribution in [2.45, 2.75) is 155 Å². The van der Waals surface area contributed by atoms with E-state index in [9.17, 15) is 35.9 Å². The van der Waals surface area contributed by atoms with Crippen molar-refractivity contribution in [3.05, 3.63) is 93.3 Å². The SMILES string of the molecule is Cc1cc(CCCO[Si](C)(C)C(C)(C)C)oc1Cc1cc2c(cc1CCNC(=O)C(F)(F)F)OCO2.Cc1coc(CCCO[Si](C)(C)C(C)(C)C)c1.O=C(NCCc1cc2c(cc1CCl)OCO2)C(F)(F)F. The lowest BCUT2D eigenvalue weighted by atomic mass is 9.98. The third-order valence-electron chi connectivity index (χ3n) is 13.3. The van der Waals surface area contributed by atoms with Gasteiger partial charge in [0.25, 0.3) is 0 Å². The fourth-order valence-electron chi connectivity index (χ4n) is 6.89. The van der Waals surface area contributed by atoms with Crippen molar-refractivity contribution in [2.24, 2.45) is 0 Å². The van der Waals surface area contributed by atoms with Crippen LogP contribution in [0.1, 0.15) is 105 Å². The predicted molar refractivity (Wildman–Crippen MR) is 273 cm³/mol. The highest BCUT2D eigenvalue weighted by Gasteiger charge is 2.40. The van der Waals surface area contributed by atoms with Crippen molar-refractivity contribution in [1.82, 2.24) is 10.6 Å². The molecule has 0 aliphatic carbocycles. The lowest BCUT2D eigenvalue weighted by Gasteiger charge is -2.36. The summed E-state index contributed by atoms with van der Waals surface area (Å²) in [6.45, 7) is 28.0. The fourth-order valence-corrected chi connectivity index (χ4v) is 9.32. The van der Waals surface area contributed by atoms with Crippen LogP contribution in [0.25, 0.3) is 0 Å². The minimum atomic E-state index is -4.91. The van der Waals surface area contributed by atoms with E-state index >= 15 is 0 Å². The molecule has 0 atom stereocenters. The van der Waals surface area contributed by atoms with E-state index in [0.29, 0.717) is 46.6 Å². The van der Waals surface area contributed by atoms with Crippen molar-refractivity contribution < 1.29 is 72.6 Å². The molecule has 0 spiro atoms. The Morgan fingerprint density at radius 2 is 1.01 bits per heavy atom. The van der Waals surface area contributed by atoms with Gasteiger partial charge in [0.05, 0.1) is 6.26 Å². The first kappa shape index (κ1) is 60.9. The molecule has 0 unspecified atom stereocenters. The average Bonchev–Trinajstić information content (AvgIpc) is 4.11. The van der Waals surface area contributed by atoms with E-state index < -0.39 is 40.8 Å². The molecule has 408 valence electrons. The predicted octanol–water partition coefficient (Wildman–Crippen LogP) is 13.0. The lowest BCUT2D eigenvalue weighted by Crippen LogP contribution is -2.41. The largest absolute Gasteiger partial charge is 0.471 e. The number of fused-ring (bicyclic) bond motifs is 2. The van der Waals surface area contributed by atoms with E-state index in [2.05, 4.69) is 80.7 Å². The van der Waals surface area contributed by atoms with Crippen LogP contribution < -0.4 is 29.6 Å². The first-order chi connectivity index (χ1) is 33.8. The third kappa shape index (κ3) is 18.6. The molecule has 2 N–H and O–H groups in total. The van der Waals surface area contributed by atoms with Crippen LogP contribution in [0.2, 0.25) is 36.3 Å². The number of ether oxygens (including phenoxy) is 4. The van der Waals surface area contributed by atoms with E-state index in [-0.39, 0.29) is 50.4 Å². The molecule has 0 fully saturated rings. The Balaban J connectivity index is 0.000000262. The zero-order valence-electron chi connectivity index (χ0n) is 44.2. The number of halogens is 7. The van der Waals surface area contributed by atoms with E-state index in [1.165, 1.54) is 5.56 Å². The standard InChI is InChI=1S/C26H36F3NO5Si.C14H26O2Si.C12H11ClF3NO3/c1-17-12-20(8-7-11-34-36(5,6)25(2,3)4)35-21(17)14-19-15-23-22(32-16-33-23)13-18(19)9-10-30-24(31)26(27,28)29;1-12-10-13(15-11-12)8-7-9-16-17(5,6)14(2,3)4;13-5-8-4-10-9(19-6-20-10)3-7(8)1-2-17-11(18)12(14,15)16/h12-13,15H,7-11,14,16H2,1-6H3,(H,30,31);10-11H,7-9H2,1-6H3;3-4H,1-2,5-6H2,(H,17,18). The third-order valence-corrected chi connectivity index (χ3v) is 22.7. The number of aryl methyl sites for hydroxylation is 4. The number of benzene rings is 2. The second kappa shape index (κ2) is 25.7. The highest BCUT2D eigenvalue weighted by molar-refractivity contribution is 6.74. The number of furan rings is 2. The number of alkyl halides is 7. The second-order valence-corrected chi connectivity index (χ2v) is 31.0. The minimum absolute atomic E-state index is 0.0872. The molecule has 0 saturated carbocycles. The van der Waals surface area contributed by atoms with Crippen LogP contribution >= 0.6 is 11.6 Å². The maximum Gasteiger partial charge on any atom is 0.471 e. The van der Waals surface area contributed by atoms with Gasteiger partial charge in [-0.2, -0.15) is 26.3 Å². The molecule has 2 aliphatic heterocycles. The van der Waals surface area contributed by atoms with E-state index in [0.717, 1.165) is 71.8 Å². The molecule has 73 heavy (non-hydrogen) atoms. The maximum atomic E-state index is 12.5. The van der Waals surface area contributed by atoms with Gasteiger partial charge < -0.3 is 47.3 Å². The van der Waals surface area contributed by atoms with Gasteiger partial charge in [0.15, 0.2) is 39.6 Å². The monoisotopic (exact) mass is 1090 g/mol. The molecule has 12 nitrogen and oxygen atoms in total. The van der Waals surface area contributed by atoms with Gasteiger partial charge in [-0.05, 0) is 146 Å². The number of nitrogens with one attached hydrogen (secondary N) is 2. The number of rotatable bonds is 19. The molecule has 21 heteroatoms. The molecule has 0 saturated heterocycles. The first-order valence-electron chi connectivity index (χ1n) is 24.3. The van der Waals surface area contributed by atoms with Gasteiger partial charge in [0, 0.05) is 51.4 Å². The lowest BCUT2D eigenvalue weighted by molar-refractivity contribution is -0.173. The quantitative estimate of drug-likeness (QED) is 0.0404. The van der Waals surface area contributed by atoms with Crippen molar-refractivity contribution in [3.8, 4) is 23.0 Å². The van der Waals surface area contributed by atoms with Gasteiger partial charge in [-0.3, -0.25) is 9.59 Å². The molecule has 2 aromatic heterocycles. The molecular weight excluding hydrogens is 1020 g/mol. The minimum Gasteiger partial charge on any atom is -0.469 e. The van der Waals surface area contributed by atoms with Gasteiger partial charge in [-0.1, -0.05) is 41.5 Å². The topological polar surface area (TPSA) is 140 Å². The highest BCUT2D eigenvalue weighted by Crippen LogP contribution is 2.39. The Labute approximate surface area is 432 Å². The highest BCUT2D eigenvalue weighted by atomic mass is 35.5. The van der Waals surface area contributed by atoms with Crippen molar-refractivity contribution in [1.29, 1.82) is 0 Å². The van der Waals surface area contributed by atoms with Crippen molar-refractivity contribution in [2.75, 3.05) is 39.9 Å². The van der Waals surface area contributed by atoms with Crippen LogP contribution in [0.15, 0.2) is 51.5 Å². The average molecular weight is 1090 g/mol. The molecule has 2 aliphatic rings. The summed E-state index contributed by atoms with van der Waals surface area (Å²) < 4.78 is 119. The van der Waals surface area contributed by atoms with E-state index in [4.69, 9.17) is 48.2 Å². The summed E-state index contributed by atoms with van der Waals surface area (Å²) in [7, 11) is -3.35. The summed E-state index contributed by atoms with van der Waals surface area (Å²) in [5, 5.41) is 4.20. The zero-order chi connectivity index (χ0) is 54.6. The smallest absolute Gasteiger partial charge is 0.469 e. The molecule has 2 aromatic carbocycles. The molecule has 0 bridgehead atoms. The van der Waals surface area contributed by atoms with E-state index in [1.54, 1.807) is 18.2 Å². The Morgan fingerprint density at radius 3 is 1.41 bits per heavy atom. The van der Waals surface area contributed by atoms with Gasteiger partial charge >= 0.3 is 24.2 Å². The summed E-state index contributed by atoms with van der Waals surface area (Å²) in [5.74, 6) is 1.23. The van der Waals surface area contributed by atoms with Crippen LogP contribution in [0, 0.1) is 13.8 Å². The van der Waals surface area contributed by atoms with Crippen LogP contribution in [-0.2, 0) is 56.4 Å². The van der Waals surface area contributed by atoms with Gasteiger partial charge in [0.2, 0.25) is 13.6 Å². The number of hydrogen-bond acceptors (Lipinski definition) is 10. The Bertz CT molecular complexity index is 2440. The number of carbonyl (C=O) groups is 2. The molecule has 4 aromatic rings. The summed E-state index contributed by atoms with van der Waals surface area (Å²) in [4.78, 5) is 21.9. The van der Waals surface area contributed by atoms with Gasteiger partial charge in [-0.25, -0.2) is 0 Å². The van der Waals surface area contributed by atoms with E-state index in [1.807, 2.05) is 36.0 Å². The van der Waals surface area contributed by atoms with Crippen molar-refractivity contribution in [3.63, 3.8) is 0 Å². The Morgan fingerprint density at radius 1 is 0.603 bits per heavy atom. The molecular formula is C52H73ClF6N2O10Si2. The summed E-state index contributed by atoms with van der Waals surface area (Å²) in [6.07, 6.45) is -3.46. The Hall–Kier alpha value is -4.64. The first-order valence-corrected chi connectivity index (χ1v) is 30.7. The van der Waals surface area contributed by atoms with Crippen LogP contribution in [-0.4, -0.2) is 80.7 Å². The second-order valence-electron chi connectivity index (χ2n) is 21.1. The molecule has 4 heterocycles. The molecule has 6 rings (SSSR count). The van der Waals surface area contributed by atoms with Gasteiger partial charge in [-0.15, -0.1) is 11.6 Å². The summed E-state index contributed by atoms with van der Waals surface area (Å²) in [5.41, 5.74) is 5.27. The number of hydrogen-bond donors (Lipinski definition) is 2. The number of amides is 2. The van der Waals surface area contributed by atoms with Crippen molar-refractivity contribution >= 4 is 40.1 Å². The normalized spacial score (nSPS) is 13.5. The molecule has 2 amide bonds. The van der Waals surface area contributed by atoms with Crippen LogP contribution in [0.4, 0.5) is 26.3 Å². The number of carbonyl (C=O) groups excluding carboxylic acids is 2. The molecule has 0 radical (unpaired) electrons. The summed E-state index contributed by atoms with van der Waals surface area (Å²) >= 11 is 5.78. The summed E-state index contributed by atoms with van der Waals surface area (Å²) in [6, 6.07) is 11.1. The fraction of sp³-hybridized carbons (Fsp3) is 0.577. The maximum absolute atomic E-state index is 12.5.